The second kappa shape index (κ2) is 5.81. The Balaban J connectivity index is 1.55. The van der Waals surface area contributed by atoms with Crippen LogP contribution in [0.2, 0.25) is 0 Å². The van der Waals surface area contributed by atoms with Crippen LogP contribution in [0.3, 0.4) is 0 Å². The maximum absolute atomic E-state index is 13.3. The van der Waals surface area contributed by atoms with Crippen molar-refractivity contribution in [2.45, 2.75) is 18.3 Å². The molecule has 1 amide bonds. The van der Waals surface area contributed by atoms with Crippen molar-refractivity contribution in [3.8, 4) is 5.69 Å². The van der Waals surface area contributed by atoms with E-state index in [9.17, 15) is 13.6 Å². The minimum absolute atomic E-state index is 0.116. The monoisotopic (exact) mass is 339 g/mol. The van der Waals surface area contributed by atoms with Crippen LogP contribution in [0.4, 0.5) is 14.6 Å². The number of amides is 1. The molecule has 6 heteroatoms. The van der Waals surface area contributed by atoms with Gasteiger partial charge < -0.3 is 5.32 Å². The molecule has 1 saturated carbocycles. The maximum atomic E-state index is 13.3. The molecular weight excluding hydrogens is 324 g/mol. The Bertz CT molecular complexity index is 913. The van der Waals surface area contributed by atoms with Crippen LogP contribution in [0, 0.1) is 11.6 Å². The Morgan fingerprint density at radius 3 is 2.36 bits per heavy atom. The van der Waals surface area contributed by atoms with E-state index in [0.29, 0.717) is 5.82 Å². The molecule has 4 rings (SSSR count). The van der Waals surface area contributed by atoms with Gasteiger partial charge in [-0.1, -0.05) is 30.3 Å². The van der Waals surface area contributed by atoms with Crippen molar-refractivity contribution >= 4 is 11.7 Å². The van der Waals surface area contributed by atoms with E-state index in [-0.39, 0.29) is 11.6 Å². The molecule has 126 valence electrons. The van der Waals surface area contributed by atoms with Gasteiger partial charge in [0.25, 0.3) is 0 Å². The molecule has 0 aliphatic heterocycles. The molecule has 1 aromatic heterocycles. The molecule has 25 heavy (non-hydrogen) atoms. The first-order chi connectivity index (χ1) is 12.1. The highest BCUT2D eigenvalue weighted by atomic mass is 19.1. The van der Waals surface area contributed by atoms with Crippen molar-refractivity contribution in [1.82, 2.24) is 9.78 Å². The summed E-state index contributed by atoms with van der Waals surface area (Å²) in [7, 11) is 0. The summed E-state index contributed by atoms with van der Waals surface area (Å²) in [4.78, 5) is 12.7. The summed E-state index contributed by atoms with van der Waals surface area (Å²) in [6.07, 6.45) is 3.13. The fourth-order valence-electron chi connectivity index (χ4n) is 2.97. The van der Waals surface area contributed by atoms with Gasteiger partial charge in [-0.05, 0) is 30.5 Å². The number of benzene rings is 2. The average Bonchev–Trinajstić information content (AvgIpc) is 3.29. The van der Waals surface area contributed by atoms with Gasteiger partial charge in [-0.3, -0.25) is 4.79 Å². The summed E-state index contributed by atoms with van der Waals surface area (Å²) in [5.41, 5.74) is 0.733. The van der Waals surface area contributed by atoms with Gasteiger partial charge in [-0.2, -0.15) is 5.10 Å². The fraction of sp³-hybridized carbons (Fsp3) is 0.158. The zero-order chi connectivity index (χ0) is 17.4. The van der Waals surface area contributed by atoms with Gasteiger partial charge in [0.05, 0.1) is 11.1 Å². The highest BCUT2D eigenvalue weighted by Gasteiger charge is 2.51. The van der Waals surface area contributed by atoms with Gasteiger partial charge in [0.15, 0.2) is 5.82 Å². The number of nitrogens with one attached hydrogen (secondary N) is 1. The van der Waals surface area contributed by atoms with Crippen LogP contribution in [-0.2, 0) is 10.2 Å². The Labute approximate surface area is 143 Å². The lowest BCUT2D eigenvalue weighted by molar-refractivity contribution is -0.118. The number of halogens is 2. The average molecular weight is 339 g/mol. The van der Waals surface area contributed by atoms with E-state index in [0.717, 1.165) is 24.5 Å². The first kappa shape index (κ1) is 15.5. The lowest BCUT2D eigenvalue weighted by Crippen LogP contribution is -2.28. The third-order valence-corrected chi connectivity index (χ3v) is 4.45. The molecule has 1 N–H and O–H groups in total. The topological polar surface area (TPSA) is 46.9 Å². The SMILES string of the molecule is O=C(Nc1ccn(-c2cc(F)cc(F)c2)n1)C1(c2ccccc2)CC1. The number of hydrogen-bond acceptors (Lipinski definition) is 2. The molecule has 4 nitrogen and oxygen atoms in total. The summed E-state index contributed by atoms with van der Waals surface area (Å²) >= 11 is 0. The number of nitrogens with zero attached hydrogens (tertiary/aromatic N) is 2. The quantitative estimate of drug-likeness (QED) is 0.785. The predicted molar refractivity (Wildman–Crippen MR) is 89.5 cm³/mol. The number of anilines is 1. The summed E-state index contributed by atoms with van der Waals surface area (Å²) < 4.78 is 28.0. The van der Waals surface area contributed by atoms with Crippen LogP contribution in [0.25, 0.3) is 5.69 Å². The molecule has 0 unspecified atom stereocenters. The van der Waals surface area contributed by atoms with Crippen molar-refractivity contribution < 1.29 is 13.6 Å². The third-order valence-electron chi connectivity index (χ3n) is 4.45. The molecule has 0 bridgehead atoms. The second-order valence-corrected chi connectivity index (χ2v) is 6.18. The number of aromatic nitrogens is 2. The zero-order valence-electron chi connectivity index (χ0n) is 13.2. The number of carbonyl (C=O) groups is 1. The summed E-state index contributed by atoms with van der Waals surface area (Å²) in [6, 6.07) is 14.4. The molecule has 0 saturated heterocycles. The lowest BCUT2D eigenvalue weighted by atomic mass is 9.95. The number of hydrogen-bond donors (Lipinski definition) is 1. The van der Waals surface area contributed by atoms with Gasteiger partial charge in [0.2, 0.25) is 5.91 Å². The van der Waals surface area contributed by atoms with Crippen LogP contribution < -0.4 is 5.32 Å². The van der Waals surface area contributed by atoms with Gasteiger partial charge in [0, 0.05) is 18.3 Å². The van der Waals surface area contributed by atoms with Gasteiger partial charge in [0.1, 0.15) is 11.6 Å². The molecule has 1 aliphatic carbocycles. The molecule has 1 fully saturated rings. The molecule has 3 aromatic rings. The van der Waals surface area contributed by atoms with Crippen molar-refractivity contribution in [1.29, 1.82) is 0 Å². The molecule has 0 spiro atoms. The van der Waals surface area contributed by atoms with Crippen LogP contribution in [-0.4, -0.2) is 15.7 Å². The van der Waals surface area contributed by atoms with E-state index in [2.05, 4.69) is 10.4 Å². The molecule has 2 aromatic carbocycles. The third kappa shape index (κ3) is 2.91. The molecule has 0 atom stereocenters. The predicted octanol–water partition coefficient (Wildman–Crippen LogP) is 3.82. The Morgan fingerprint density at radius 2 is 1.72 bits per heavy atom. The summed E-state index contributed by atoms with van der Waals surface area (Å²) in [6.45, 7) is 0. The first-order valence-corrected chi connectivity index (χ1v) is 7.96. The molecule has 1 aliphatic rings. The first-order valence-electron chi connectivity index (χ1n) is 7.96. The largest absolute Gasteiger partial charge is 0.308 e. The van der Waals surface area contributed by atoms with E-state index in [1.54, 1.807) is 12.3 Å². The normalized spacial score (nSPS) is 15.0. The van der Waals surface area contributed by atoms with Crippen LogP contribution in [0.5, 0.6) is 0 Å². The zero-order valence-corrected chi connectivity index (χ0v) is 13.2. The van der Waals surface area contributed by atoms with Crippen LogP contribution in [0.15, 0.2) is 60.8 Å². The lowest BCUT2D eigenvalue weighted by Gasteiger charge is -2.14. The van der Waals surface area contributed by atoms with Crippen LogP contribution >= 0.6 is 0 Å². The van der Waals surface area contributed by atoms with Crippen molar-refractivity contribution in [3.05, 3.63) is 78.0 Å². The molecule has 1 heterocycles. The van der Waals surface area contributed by atoms with Crippen molar-refractivity contribution in [2.24, 2.45) is 0 Å². The van der Waals surface area contributed by atoms with Gasteiger partial charge in [-0.15, -0.1) is 0 Å². The maximum Gasteiger partial charge on any atom is 0.236 e. The minimum atomic E-state index is -0.683. The highest BCUT2D eigenvalue weighted by molar-refractivity contribution is 6.00. The molecular formula is C19H15F2N3O. The fourth-order valence-corrected chi connectivity index (χ4v) is 2.97. The standard InChI is InChI=1S/C19H15F2N3O/c20-14-10-15(21)12-16(11-14)24-9-6-17(23-24)22-18(25)19(7-8-19)13-4-2-1-3-5-13/h1-6,9-12H,7-8H2,(H,22,23,25). The van der Waals surface area contributed by atoms with E-state index < -0.39 is 17.0 Å². The number of rotatable bonds is 4. The summed E-state index contributed by atoms with van der Waals surface area (Å²) in [5, 5.41) is 6.99. The van der Waals surface area contributed by atoms with E-state index in [1.807, 2.05) is 30.3 Å². The Morgan fingerprint density at radius 1 is 1.04 bits per heavy atom. The molecule has 0 radical (unpaired) electrons. The Kier molecular flexibility index (Phi) is 3.60. The summed E-state index contributed by atoms with van der Waals surface area (Å²) in [5.74, 6) is -1.14. The van der Waals surface area contributed by atoms with E-state index in [4.69, 9.17) is 0 Å². The second-order valence-electron chi connectivity index (χ2n) is 6.18. The van der Waals surface area contributed by atoms with Crippen molar-refractivity contribution in [2.75, 3.05) is 5.32 Å². The van der Waals surface area contributed by atoms with Gasteiger partial charge in [-0.25, -0.2) is 13.5 Å². The van der Waals surface area contributed by atoms with Crippen molar-refractivity contribution in [3.63, 3.8) is 0 Å². The Hall–Kier alpha value is -3.02. The number of carbonyl (C=O) groups excluding carboxylic acids is 1. The smallest absolute Gasteiger partial charge is 0.236 e. The van der Waals surface area contributed by atoms with Crippen LogP contribution in [0.1, 0.15) is 18.4 Å². The van der Waals surface area contributed by atoms with E-state index >= 15 is 0 Å². The van der Waals surface area contributed by atoms with Gasteiger partial charge >= 0.3 is 0 Å². The van der Waals surface area contributed by atoms with E-state index in [1.165, 1.54) is 16.8 Å². The highest BCUT2D eigenvalue weighted by Crippen LogP contribution is 2.48. The minimum Gasteiger partial charge on any atom is -0.308 e.